The fraction of sp³-hybridized carbons (Fsp3) is 0.250. The first-order chi connectivity index (χ1) is 15.1. The number of rotatable bonds is 8. The summed E-state index contributed by atoms with van der Waals surface area (Å²) in [4.78, 5) is 0. The highest BCUT2D eigenvalue weighted by Gasteiger charge is 2.41. The van der Waals surface area contributed by atoms with Crippen molar-refractivity contribution >= 4 is 0 Å². The van der Waals surface area contributed by atoms with Gasteiger partial charge in [-0.05, 0) is 72.4 Å². The molecule has 0 saturated carbocycles. The van der Waals surface area contributed by atoms with Crippen LogP contribution in [0.5, 0.6) is 5.75 Å². The normalized spacial score (nSPS) is 11.6. The van der Waals surface area contributed by atoms with Gasteiger partial charge in [0.2, 0.25) is 0 Å². The highest BCUT2D eigenvalue weighted by molar-refractivity contribution is 5.32. The van der Waals surface area contributed by atoms with Gasteiger partial charge in [0, 0.05) is 0 Å². The SMILES string of the molecule is CCCc1cc(F)c(C(F)(F)Oc2ccc(CCc3cc(F)c(F)c(F)c3)cc2)c(F)c1. The zero-order valence-electron chi connectivity index (χ0n) is 17.0. The Labute approximate surface area is 180 Å². The number of hydrogen-bond acceptors (Lipinski definition) is 1. The molecule has 0 aliphatic rings. The predicted octanol–water partition coefficient (Wildman–Crippen LogP) is 7.25. The summed E-state index contributed by atoms with van der Waals surface area (Å²) < 4.78 is 101. The maximum atomic E-state index is 14.5. The van der Waals surface area contributed by atoms with E-state index in [4.69, 9.17) is 0 Å². The molecule has 0 unspecified atom stereocenters. The van der Waals surface area contributed by atoms with Crippen LogP contribution in [0.4, 0.5) is 30.7 Å². The Morgan fingerprint density at radius 1 is 0.656 bits per heavy atom. The second-order valence-electron chi connectivity index (χ2n) is 7.32. The Kier molecular flexibility index (Phi) is 7.11. The zero-order valence-corrected chi connectivity index (χ0v) is 17.0. The molecule has 0 aromatic heterocycles. The summed E-state index contributed by atoms with van der Waals surface area (Å²) in [5.74, 6) is -7.26. The van der Waals surface area contributed by atoms with Crippen molar-refractivity contribution in [1.29, 1.82) is 0 Å². The first-order valence-corrected chi connectivity index (χ1v) is 9.88. The van der Waals surface area contributed by atoms with Gasteiger partial charge >= 0.3 is 6.11 Å². The van der Waals surface area contributed by atoms with Crippen molar-refractivity contribution < 1.29 is 35.5 Å². The quantitative estimate of drug-likeness (QED) is 0.256. The van der Waals surface area contributed by atoms with Crippen molar-refractivity contribution in [2.75, 3.05) is 0 Å². The Hall–Kier alpha value is -3.03. The molecule has 3 aromatic carbocycles. The van der Waals surface area contributed by atoms with Crippen LogP contribution in [0.3, 0.4) is 0 Å². The van der Waals surface area contributed by atoms with Crippen LogP contribution in [0.15, 0.2) is 48.5 Å². The van der Waals surface area contributed by atoms with Crippen molar-refractivity contribution in [3.8, 4) is 5.75 Å². The Morgan fingerprint density at radius 3 is 1.66 bits per heavy atom. The number of ether oxygens (including phenoxy) is 1. The van der Waals surface area contributed by atoms with Gasteiger partial charge in [-0.1, -0.05) is 25.5 Å². The minimum Gasteiger partial charge on any atom is -0.429 e. The Bertz CT molecular complexity index is 1050. The summed E-state index contributed by atoms with van der Waals surface area (Å²) >= 11 is 0. The lowest BCUT2D eigenvalue weighted by Gasteiger charge is -2.20. The molecule has 0 heterocycles. The third-order valence-electron chi connectivity index (χ3n) is 4.85. The second kappa shape index (κ2) is 9.63. The molecular weight excluding hydrogens is 437 g/mol. The van der Waals surface area contributed by atoms with Gasteiger partial charge in [0.15, 0.2) is 17.5 Å². The number of halogens is 7. The summed E-state index contributed by atoms with van der Waals surface area (Å²) in [5.41, 5.74) is -0.355. The van der Waals surface area contributed by atoms with E-state index in [-0.39, 0.29) is 29.7 Å². The monoisotopic (exact) mass is 456 g/mol. The largest absolute Gasteiger partial charge is 0.432 e. The molecule has 3 rings (SSSR count). The summed E-state index contributed by atoms with van der Waals surface area (Å²) in [6, 6.07) is 8.73. The van der Waals surface area contributed by atoms with Gasteiger partial charge in [0.05, 0.1) is 0 Å². The van der Waals surface area contributed by atoms with Crippen LogP contribution in [0.2, 0.25) is 0 Å². The predicted molar refractivity (Wildman–Crippen MR) is 105 cm³/mol. The van der Waals surface area contributed by atoms with Gasteiger partial charge in [-0.2, -0.15) is 8.78 Å². The maximum Gasteiger partial charge on any atom is 0.432 e. The summed E-state index contributed by atoms with van der Waals surface area (Å²) in [7, 11) is 0. The molecule has 0 aliphatic carbocycles. The van der Waals surface area contributed by atoms with Crippen LogP contribution >= 0.6 is 0 Å². The molecule has 0 radical (unpaired) electrons. The van der Waals surface area contributed by atoms with Crippen molar-refractivity contribution in [2.24, 2.45) is 0 Å². The van der Waals surface area contributed by atoms with E-state index in [2.05, 4.69) is 4.74 Å². The van der Waals surface area contributed by atoms with E-state index >= 15 is 0 Å². The smallest absolute Gasteiger partial charge is 0.429 e. The minimum absolute atomic E-state index is 0.172. The zero-order chi connectivity index (χ0) is 23.5. The third-order valence-corrected chi connectivity index (χ3v) is 4.85. The molecule has 0 N–H and O–H groups in total. The molecule has 0 bridgehead atoms. The second-order valence-corrected chi connectivity index (χ2v) is 7.32. The first kappa shape index (κ1) is 23.6. The Morgan fingerprint density at radius 2 is 1.12 bits per heavy atom. The number of benzene rings is 3. The van der Waals surface area contributed by atoms with Gasteiger partial charge in [-0.15, -0.1) is 0 Å². The number of hydrogen-bond donors (Lipinski definition) is 0. The molecule has 170 valence electrons. The molecule has 0 saturated heterocycles. The first-order valence-electron chi connectivity index (χ1n) is 9.88. The molecule has 0 aliphatic heterocycles. The highest BCUT2D eigenvalue weighted by Crippen LogP contribution is 2.35. The lowest BCUT2D eigenvalue weighted by atomic mass is 10.0. The summed E-state index contributed by atoms with van der Waals surface area (Å²) in [6.45, 7) is 1.79. The van der Waals surface area contributed by atoms with E-state index in [1.807, 2.05) is 0 Å². The lowest BCUT2D eigenvalue weighted by molar-refractivity contribution is -0.189. The average Bonchev–Trinajstić information content (AvgIpc) is 2.70. The molecule has 0 fully saturated rings. The van der Waals surface area contributed by atoms with E-state index in [0.29, 0.717) is 18.4 Å². The third kappa shape index (κ3) is 5.41. The topological polar surface area (TPSA) is 9.23 Å². The molecule has 0 atom stereocenters. The lowest BCUT2D eigenvalue weighted by Crippen LogP contribution is -2.25. The highest BCUT2D eigenvalue weighted by atomic mass is 19.3. The van der Waals surface area contributed by atoms with Crippen molar-refractivity contribution in [3.63, 3.8) is 0 Å². The van der Waals surface area contributed by atoms with Gasteiger partial charge < -0.3 is 4.74 Å². The van der Waals surface area contributed by atoms with E-state index in [0.717, 1.165) is 24.3 Å². The molecular formula is C24H19F7O. The fourth-order valence-corrected chi connectivity index (χ4v) is 3.30. The van der Waals surface area contributed by atoms with Crippen LogP contribution in [-0.2, 0) is 25.4 Å². The fourth-order valence-electron chi connectivity index (χ4n) is 3.30. The molecule has 0 spiro atoms. The van der Waals surface area contributed by atoms with Crippen LogP contribution < -0.4 is 4.74 Å². The van der Waals surface area contributed by atoms with E-state index in [1.165, 1.54) is 24.3 Å². The summed E-state index contributed by atoms with van der Waals surface area (Å²) in [6.07, 6.45) is -2.85. The van der Waals surface area contributed by atoms with Crippen LogP contribution in [0.1, 0.15) is 35.6 Å². The molecule has 3 aromatic rings. The van der Waals surface area contributed by atoms with Gasteiger partial charge in [0.25, 0.3) is 0 Å². The number of aryl methyl sites for hydroxylation is 3. The van der Waals surface area contributed by atoms with Crippen LogP contribution in [0, 0.1) is 29.1 Å². The van der Waals surface area contributed by atoms with Gasteiger partial charge in [-0.3, -0.25) is 0 Å². The standard InChI is InChI=1S/C24H19F7O/c1-2-3-15-10-18(25)22(19(26)11-15)24(30,31)32-17-8-6-14(7-9-17)4-5-16-12-20(27)23(29)21(28)13-16/h6-13H,2-5H2,1H3. The van der Waals surface area contributed by atoms with Crippen LogP contribution in [-0.4, -0.2) is 0 Å². The molecule has 1 nitrogen and oxygen atoms in total. The summed E-state index contributed by atoms with van der Waals surface area (Å²) in [5, 5.41) is 0. The average molecular weight is 456 g/mol. The maximum absolute atomic E-state index is 14.5. The van der Waals surface area contributed by atoms with Crippen molar-refractivity contribution in [2.45, 2.75) is 38.7 Å². The van der Waals surface area contributed by atoms with Crippen molar-refractivity contribution in [1.82, 2.24) is 0 Å². The Balaban J connectivity index is 1.70. The van der Waals surface area contributed by atoms with Crippen LogP contribution in [0.25, 0.3) is 0 Å². The molecule has 8 heteroatoms. The molecule has 0 amide bonds. The number of alkyl halides is 2. The minimum atomic E-state index is -4.25. The van der Waals surface area contributed by atoms with E-state index in [1.54, 1.807) is 6.92 Å². The van der Waals surface area contributed by atoms with E-state index < -0.39 is 40.8 Å². The van der Waals surface area contributed by atoms with Gasteiger partial charge in [-0.25, -0.2) is 22.0 Å². The molecule has 32 heavy (non-hydrogen) atoms. The van der Waals surface area contributed by atoms with Gasteiger partial charge in [0.1, 0.15) is 22.9 Å². The van der Waals surface area contributed by atoms with Crippen molar-refractivity contribution in [3.05, 3.63) is 99.9 Å². The van der Waals surface area contributed by atoms with E-state index in [9.17, 15) is 30.7 Å².